The highest BCUT2D eigenvalue weighted by molar-refractivity contribution is 9.09. The van der Waals surface area contributed by atoms with Crippen molar-refractivity contribution in [1.29, 1.82) is 0 Å². The summed E-state index contributed by atoms with van der Waals surface area (Å²) in [4.78, 5) is 20.9. The summed E-state index contributed by atoms with van der Waals surface area (Å²) in [6.07, 6.45) is 4.21. The molecule has 1 aliphatic rings. The van der Waals surface area contributed by atoms with E-state index in [4.69, 9.17) is 0 Å². The molecule has 82 valence electrons. The van der Waals surface area contributed by atoms with E-state index in [1.807, 2.05) is 0 Å². The van der Waals surface area contributed by atoms with Gasteiger partial charge >= 0.3 is 0 Å². The molecule has 0 spiro atoms. The van der Waals surface area contributed by atoms with Gasteiger partial charge in [0.25, 0.3) is 5.56 Å². The Labute approximate surface area is 96.8 Å². The third-order valence-electron chi connectivity index (χ3n) is 3.01. The van der Waals surface area contributed by atoms with Gasteiger partial charge in [-0.1, -0.05) is 15.9 Å². The van der Waals surface area contributed by atoms with Crippen molar-refractivity contribution in [1.82, 2.24) is 9.97 Å². The Morgan fingerprint density at radius 1 is 1.67 bits per heavy atom. The van der Waals surface area contributed by atoms with E-state index in [9.17, 15) is 4.79 Å². The Kier molecular flexibility index (Phi) is 2.58. The lowest BCUT2D eigenvalue weighted by Crippen LogP contribution is -2.45. The monoisotopic (exact) mass is 271 g/mol. The van der Waals surface area contributed by atoms with Gasteiger partial charge in [-0.25, -0.2) is 4.98 Å². The first-order valence-corrected chi connectivity index (χ1v) is 5.90. The van der Waals surface area contributed by atoms with E-state index in [2.05, 4.69) is 44.6 Å². The van der Waals surface area contributed by atoms with Crippen LogP contribution in [0.25, 0.3) is 0 Å². The van der Waals surface area contributed by atoms with Crippen molar-refractivity contribution in [3.63, 3.8) is 0 Å². The second-order valence-electron chi connectivity index (χ2n) is 4.30. The summed E-state index contributed by atoms with van der Waals surface area (Å²) in [6.45, 7) is 5.10. The lowest BCUT2D eigenvalue weighted by atomic mass is 10.0. The first-order valence-electron chi connectivity index (χ1n) is 4.99. The number of alkyl halides is 1. The summed E-state index contributed by atoms with van der Waals surface area (Å²) >= 11 is 3.64. The number of halogens is 1. The minimum absolute atomic E-state index is 0.0681. The number of hydrogen-bond donors (Lipinski definition) is 1. The van der Waals surface area contributed by atoms with E-state index < -0.39 is 0 Å². The van der Waals surface area contributed by atoms with Crippen LogP contribution in [0.1, 0.15) is 20.3 Å². The summed E-state index contributed by atoms with van der Waals surface area (Å²) in [5.41, 5.74) is -0.186. The van der Waals surface area contributed by atoms with Crippen LogP contribution < -0.4 is 10.5 Å². The molecule has 1 atom stereocenters. The molecule has 15 heavy (non-hydrogen) atoms. The highest BCUT2D eigenvalue weighted by atomic mass is 79.9. The fourth-order valence-electron chi connectivity index (χ4n) is 1.97. The van der Waals surface area contributed by atoms with Gasteiger partial charge in [0.05, 0.1) is 0 Å². The molecule has 1 aliphatic heterocycles. The van der Waals surface area contributed by atoms with Crippen molar-refractivity contribution >= 4 is 21.7 Å². The summed E-state index contributed by atoms with van der Waals surface area (Å²) in [7, 11) is 0. The Morgan fingerprint density at radius 2 is 2.40 bits per heavy atom. The van der Waals surface area contributed by atoms with Crippen LogP contribution in [-0.2, 0) is 0 Å². The lowest BCUT2D eigenvalue weighted by molar-refractivity contribution is 0.528. The van der Waals surface area contributed by atoms with Gasteiger partial charge in [-0.05, 0) is 20.3 Å². The average Bonchev–Trinajstić information content (AvgIpc) is 2.44. The minimum atomic E-state index is -0.118. The standard InChI is InChI=1S/C10H14BrN3O/c1-10(2)7(11)3-6-14(10)8-9(15)13-5-4-12-8/h4-5,7H,3,6H2,1-2H3,(H,13,15). The highest BCUT2D eigenvalue weighted by Crippen LogP contribution is 2.35. The number of rotatable bonds is 1. The summed E-state index contributed by atoms with van der Waals surface area (Å²) in [6, 6.07) is 0. The van der Waals surface area contributed by atoms with Crippen LogP contribution in [0, 0.1) is 0 Å². The Morgan fingerprint density at radius 3 is 2.93 bits per heavy atom. The largest absolute Gasteiger partial charge is 0.346 e. The van der Waals surface area contributed by atoms with Gasteiger partial charge in [-0.3, -0.25) is 4.79 Å². The van der Waals surface area contributed by atoms with Crippen LogP contribution in [-0.4, -0.2) is 26.9 Å². The van der Waals surface area contributed by atoms with Crippen molar-refractivity contribution in [2.45, 2.75) is 30.6 Å². The SMILES string of the molecule is CC1(C)C(Br)CCN1c1ncc[nH]c1=O. The third kappa shape index (κ3) is 1.69. The predicted molar refractivity (Wildman–Crippen MR) is 63.6 cm³/mol. The van der Waals surface area contributed by atoms with Crippen molar-refractivity contribution in [2.75, 3.05) is 11.4 Å². The second-order valence-corrected chi connectivity index (χ2v) is 5.41. The molecule has 2 heterocycles. The van der Waals surface area contributed by atoms with E-state index in [0.29, 0.717) is 10.6 Å². The van der Waals surface area contributed by atoms with Crippen molar-refractivity contribution in [3.8, 4) is 0 Å². The maximum absolute atomic E-state index is 11.6. The number of nitrogens with zero attached hydrogens (tertiary/aromatic N) is 2. The second kappa shape index (κ2) is 3.63. The molecule has 0 amide bonds. The Bertz CT molecular complexity index is 415. The molecule has 4 nitrogen and oxygen atoms in total. The lowest BCUT2D eigenvalue weighted by Gasteiger charge is -2.34. The third-order valence-corrected chi connectivity index (χ3v) is 4.59. The van der Waals surface area contributed by atoms with Crippen LogP contribution in [0.2, 0.25) is 0 Å². The number of H-pyrrole nitrogens is 1. The fourth-order valence-corrected chi connectivity index (χ4v) is 2.42. The molecule has 1 aromatic rings. The maximum Gasteiger partial charge on any atom is 0.290 e. The van der Waals surface area contributed by atoms with Crippen molar-refractivity contribution < 1.29 is 0 Å². The van der Waals surface area contributed by atoms with Crippen LogP contribution in [0.4, 0.5) is 5.82 Å². The number of aromatic nitrogens is 2. The molecule has 1 aromatic heterocycles. The number of hydrogen-bond acceptors (Lipinski definition) is 3. The summed E-state index contributed by atoms with van der Waals surface area (Å²) < 4.78 is 0. The zero-order valence-electron chi connectivity index (χ0n) is 8.83. The first-order chi connectivity index (χ1) is 7.03. The molecule has 1 N–H and O–H groups in total. The highest BCUT2D eigenvalue weighted by Gasteiger charge is 2.41. The van der Waals surface area contributed by atoms with Gasteiger partial charge in [0, 0.05) is 29.3 Å². The molecule has 1 saturated heterocycles. The van der Waals surface area contributed by atoms with Crippen LogP contribution in [0.15, 0.2) is 17.2 Å². The Hall–Kier alpha value is -0.840. The van der Waals surface area contributed by atoms with E-state index >= 15 is 0 Å². The van der Waals surface area contributed by atoms with Crippen molar-refractivity contribution in [3.05, 3.63) is 22.7 Å². The van der Waals surface area contributed by atoms with E-state index in [-0.39, 0.29) is 11.1 Å². The van der Waals surface area contributed by atoms with Gasteiger partial charge in [0.2, 0.25) is 0 Å². The predicted octanol–water partition coefficient (Wildman–Crippen LogP) is 1.52. The molecule has 0 aromatic carbocycles. The molecule has 0 bridgehead atoms. The van der Waals surface area contributed by atoms with Gasteiger partial charge < -0.3 is 9.88 Å². The van der Waals surface area contributed by atoms with Gasteiger partial charge in [0.1, 0.15) is 0 Å². The molecule has 1 unspecified atom stereocenters. The molecule has 0 radical (unpaired) electrons. The molecule has 0 saturated carbocycles. The zero-order chi connectivity index (χ0) is 11.1. The molecule has 5 heteroatoms. The molecule has 2 rings (SSSR count). The maximum atomic E-state index is 11.6. The van der Waals surface area contributed by atoms with Crippen LogP contribution >= 0.6 is 15.9 Å². The van der Waals surface area contributed by atoms with Crippen molar-refractivity contribution in [2.24, 2.45) is 0 Å². The van der Waals surface area contributed by atoms with Crippen LogP contribution in [0.3, 0.4) is 0 Å². The molecule has 0 aliphatic carbocycles. The number of aromatic amines is 1. The van der Waals surface area contributed by atoms with E-state index in [0.717, 1.165) is 13.0 Å². The normalized spacial score (nSPS) is 24.5. The van der Waals surface area contributed by atoms with E-state index in [1.54, 1.807) is 12.4 Å². The van der Waals surface area contributed by atoms with Gasteiger partial charge in [0.15, 0.2) is 5.82 Å². The van der Waals surface area contributed by atoms with E-state index in [1.165, 1.54) is 0 Å². The molecule has 1 fully saturated rings. The number of anilines is 1. The summed E-state index contributed by atoms with van der Waals surface area (Å²) in [5, 5.41) is 0. The van der Waals surface area contributed by atoms with Gasteiger partial charge in [-0.15, -0.1) is 0 Å². The molecular formula is C10H14BrN3O. The number of nitrogens with one attached hydrogen (secondary N) is 1. The average molecular weight is 272 g/mol. The smallest absolute Gasteiger partial charge is 0.290 e. The Balaban J connectivity index is 2.41. The topological polar surface area (TPSA) is 49.0 Å². The quantitative estimate of drug-likeness (QED) is 0.788. The zero-order valence-corrected chi connectivity index (χ0v) is 10.4. The fraction of sp³-hybridized carbons (Fsp3) is 0.600. The first kappa shape index (κ1) is 10.7. The van der Waals surface area contributed by atoms with Crippen LogP contribution in [0.5, 0.6) is 0 Å². The van der Waals surface area contributed by atoms with Gasteiger partial charge in [-0.2, -0.15) is 0 Å². The summed E-state index contributed by atoms with van der Waals surface area (Å²) in [5.74, 6) is 0.518. The molecular weight excluding hydrogens is 258 g/mol. The minimum Gasteiger partial charge on any atom is -0.346 e.